The molecular formula is C14H25N3OS. The van der Waals surface area contributed by atoms with E-state index in [0.717, 1.165) is 31.9 Å². The summed E-state index contributed by atoms with van der Waals surface area (Å²) in [7, 11) is 1.73. The molecule has 0 bridgehead atoms. The van der Waals surface area contributed by atoms with Gasteiger partial charge in [0.15, 0.2) is 0 Å². The molecule has 1 N–H and O–H groups in total. The SMILES string of the molecule is COCCNCc1csc(CN2CCCCCC2)n1. The van der Waals surface area contributed by atoms with Gasteiger partial charge >= 0.3 is 0 Å². The Balaban J connectivity index is 1.73. The zero-order valence-electron chi connectivity index (χ0n) is 11.9. The van der Waals surface area contributed by atoms with Crippen LogP contribution in [0, 0.1) is 0 Å². The molecule has 1 aromatic rings. The van der Waals surface area contributed by atoms with Gasteiger partial charge < -0.3 is 10.1 Å². The maximum absolute atomic E-state index is 5.01. The molecule has 0 atom stereocenters. The summed E-state index contributed by atoms with van der Waals surface area (Å²) in [5.74, 6) is 0. The first-order valence-corrected chi connectivity index (χ1v) is 8.12. The zero-order valence-corrected chi connectivity index (χ0v) is 12.7. The number of nitrogens with one attached hydrogen (secondary N) is 1. The molecule has 0 aromatic carbocycles. The predicted molar refractivity (Wildman–Crippen MR) is 79.4 cm³/mol. The Kier molecular flexibility index (Phi) is 6.78. The largest absolute Gasteiger partial charge is 0.383 e. The molecule has 2 rings (SSSR count). The molecule has 2 heterocycles. The minimum Gasteiger partial charge on any atom is -0.383 e. The lowest BCUT2D eigenvalue weighted by molar-refractivity contribution is 0.199. The number of methoxy groups -OCH3 is 1. The normalized spacial score (nSPS) is 17.5. The highest BCUT2D eigenvalue weighted by Gasteiger charge is 2.11. The fraction of sp³-hybridized carbons (Fsp3) is 0.786. The highest BCUT2D eigenvalue weighted by Crippen LogP contribution is 2.16. The summed E-state index contributed by atoms with van der Waals surface area (Å²) in [5.41, 5.74) is 1.16. The van der Waals surface area contributed by atoms with Crippen LogP contribution in [-0.2, 0) is 17.8 Å². The van der Waals surface area contributed by atoms with E-state index in [4.69, 9.17) is 9.72 Å². The third kappa shape index (κ3) is 5.57. The first kappa shape index (κ1) is 14.9. The van der Waals surface area contributed by atoms with Gasteiger partial charge in [-0.1, -0.05) is 12.8 Å². The van der Waals surface area contributed by atoms with E-state index >= 15 is 0 Å². The highest BCUT2D eigenvalue weighted by molar-refractivity contribution is 7.09. The van der Waals surface area contributed by atoms with Crippen LogP contribution in [0.5, 0.6) is 0 Å². The van der Waals surface area contributed by atoms with Gasteiger partial charge in [-0.2, -0.15) is 0 Å². The van der Waals surface area contributed by atoms with Gasteiger partial charge in [-0.3, -0.25) is 4.90 Å². The third-order valence-electron chi connectivity index (χ3n) is 3.45. The van der Waals surface area contributed by atoms with E-state index in [-0.39, 0.29) is 0 Å². The van der Waals surface area contributed by atoms with Crippen LogP contribution in [0.2, 0.25) is 0 Å². The number of aromatic nitrogens is 1. The average Bonchev–Trinajstić information content (AvgIpc) is 2.69. The second kappa shape index (κ2) is 8.64. The van der Waals surface area contributed by atoms with E-state index < -0.39 is 0 Å². The number of nitrogens with zero attached hydrogens (tertiary/aromatic N) is 2. The standard InChI is InChI=1S/C14H25N3OS/c1-18-9-6-15-10-13-12-19-14(16-13)11-17-7-4-2-3-5-8-17/h12,15H,2-11H2,1H3. The minimum atomic E-state index is 0.755. The van der Waals surface area contributed by atoms with E-state index in [0.29, 0.717) is 0 Å². The van der Waals surface area contributed by atoms with Crippen molar-refractivity contribution in [3.05, 3.63) is 16.1 Å². The van der Waals surface area contributed by atoms with Gasteiger partial charge in [-0.15, -0.1) is 11.3 Å². The van der Waals surface area contributed by atoms with Crippen molar-refractivity contribution in [2.45, 2.75) is 38.8 Å². The van der Waals surface area contributed by atoms with Crippen molar-refractivity contribution in [2.75, 3.05) is 33.4 Å². The van der Waals surface area contributed by atoms with Crippen molar-refractivity contribution in [2.24, 2.45) is 0 Å². The maximum atomic E-state index is 5.01. The van der Waals surface area contributed by atoms with E-state index in [1.807, 2.05) is 0 Å². The minimum absolute atomic E-state index is 0.755. The lowest BCUT2D eigenvalue weighted by Gasteiger charge is -2.17. The number of hydrogen-bond acceptors (Lipinski definition) is 5. The smallest absolute Gasteiger partial charge is 0.107 e. The Morgan fingerprint density at radius 2 is 2.11 bits per heavy atom. The van der Waals surface area contributed by atoms with Crippen molar-refractivity contribution >= 4 is 11.3 Å². The maximum Gasteiger partial charge on any atom is 0.107 e. The second-order valence-corrected chi connectivity index (χ2v) is 6.04. The first-order valence-electron chi connectivity index (χ1n) is 7.24. The van der Waals surface area contributed by atoms with E-state index in [2.05, 4.69) is 15.6 Å². The van der Waals surface area contributed by atoms with Crippen molar-refractivity contribution < 1.29 is 4.74 Å². The topological polar surface area (TPSA) is 37.4 Å². The van der Waals surface area contributed by atoms with Gasteiger partial charge in [0.05, 0.1) is 18.8 Å². The molecule has 0 saturated carbocycles. The molecule has 5 heteroatoms. The molecule has 0 unspecified atom stereocenters. The van der Waals surface area contributed by atoms with Gasteiger partial charge in [0, 0.05) is 25.6 Å². The molecule has 1 aliphatic heterocycles. The van der Waals surface area contributed by atoms with Gasteiger partial charge in [-0.05, 0) is 25.9 Å². The van der Waals surface area contributed by atoms with Crippen LogP contribution in [0.15, 0.2) is 5.38 Å². The molecule has 19 heavy (non-hydrogen) atoms. The van der Waals surface area contributed by atoms with Crippen molar-refractivity contribution in [1.29, 1.82) is 0 Å². The second-order valence-electron chi connectivity index (χ2n) is 5.09. The lowest BCUT2D eigenvalue weighted by Crippen LogP contribution is -2.24. The molecule has 4 nitrogen and oxygen atoms in total. The third-order valence-corrected chi connectivity index (χ3v) is 4.33. The van der Waals surface area contributed by atoms with Crippen LogP contribution in [0.1, 0.15) is 36.4 Å². The van der Waals surface area contributed by atoms with Crippen LogP contribution in [0.3, 0.4) is 0 Å². The van der Waals surface area contributed by atoms with Gasteiger partial charge in [0.25, 0.3) is 0 Å². The van der Waals surface area contributed by atoms with Gasteiger partial charge in [0.2, 0.25) is 0 Å². The van der Waals surface area contributed by atoms with Crippen molar-refractivity contribution in [3.8, 4) is 0 Å². The lowest BCUT2D eigenvalue weighted by atomic mass is 10.2. The summed E-state index contributed by atoms with van der Waals surface area (Å²) in [6.45, 7) is 5.99. The van der Waals surface area contributed by atoms with Gasteiger partial charge in [0.1, 0.15) is 5.01 Å². The van der Waals surface area contributed by atoms with E-state index in [1.54, 1.807) is 18.4 Å². The fourth-order valence-corrected chi connectivity index (χ4v) is 3.21. The Bertz CT molecular complexity index is 348. The Labute approximate surface area is 120 Å². The molecule has 1 saturated heterocycles. The van der Waals surface area contributed by atoms with Crippen molar-refractivity contribution in [3.63, 3.8) is 0 Å². The number of thiazole rings is 1. The van der Waals surface area contributed by atoms with Crippen LogP contribution in [0.4, 0.5) is 0 Å². The molecule has 1 fully saturated rings. The summed E-state index contributed by atoms with van der Waals surface area (Å²) in [4.78, 5) is 7.26. The summed E-state index contributed by atoms with van der Waals surface area (Å²) in [6, 6.07) is 0. The van der Waals surface area contributed by atoms with Crippen LogP contribution in [0.25, 0.3) is 0 Å². The number of hydrogen-bond donors (Lipinski definition) is 1. The Morgan fingerprint density at radius 3 is 2.84 bits per heavy atom. The highest BCUT2D eigenvalue weighted by atomic mass is 32.1. The molecule has 108 valence electrons. The van der Waals surface area contributed by atoms with Crippen molar-refractivity contribution in [1.82, 2.24) is 15.2 Å². The predicted octanol–water partition coefficient (Wildman–Crippen LogP) is 2.26. The first-order chi connectivity index (χ1) is 9.38. The van der Waals surface area contributed by atoms with Gasteiger partial charge in [-0.25, -0.2) is 4.98 Å². The summed E-state index contributed by atoms with van der Waals surface area (Å²) in [6.07, 6.45) is 5.47. The van der Waals surface area contributed by atoms with E-state index in [9.17, 15) is 0 Å². The molecule has 0 amide bonds. The molecule has 1 aliphatic rings. The molecular weight excluding hydrogens is 258 g/mol. The number of rotatable bonds is 7. The van der Waals surface area contributed by atoms with Crippen LogP contribution >= 0.6 is 11.3 Å². The summed E-state index contributed by atoms with van der Waals surface area (Å²) < 4.78 is 5.01. The number of ether oxygens (including phenoxy) is 1. The Hall–Kier alpha value is -0.490. The quantitative estimate of drug-likeness (QED) is 0.779. The molecule has 0 aliphatic carbocycles. The summed E-state index contributed by atoms with van der Waals surface area (Å²) >= 11 is 1.79. The van der Waals surface area contributed by atoms with Crippen LogP contribution in [-0.4, -0.2) is 43.2 Å². The molecule has 0 spiro atoms. The fourth-order valence-electron chi connectivity index (χ4n) is 2.38. The summed E-state index contributed by atoms with van der Waals surface area (Å²) in [5, 5.41) is 6.76. The number of likely N-dealkylation sites (tertiary alicyclic amines) is 1. The monoisotopic (exact) mass is 283 g/mol. The Morgan fingerprint density at radius 1 is 1.32 bits per heavy atom. The molecule has 0 radical (unpaired) electrons. The molecule has 1 aromatic heterocycles. The average molecular weight is 283 g/mol. The van der Waals surface area contributed by atoms with Crippen LogP contribution < -0.4 is 5.32 Å². The van der Waals surface area contributed by atoms with E-state index in [1.165, 1.54) is 43.8 Å². The zero-order chi connectivity index (χ0) is 13.3.